The van der Waals surface area contributed by atoms with E-state index in [9.17, 15) is 17.6 Å². The topological polar surface area (TPSA) is 85.4 Å². The summed E-state index contributed by atoms with van der Waals surface area (Å²) in [6, 6.07) is 0.973. The van der Waals surface area contributed by atoms with E-state index >= 15 is 0 Å². The molecule has 6 nitrogen and oxygen atoms in total. The molecule has 0 amide bonds. The first-order chi connectivity index (χ1) is 9.35. The minimum absolute atomic E-state index is 0.321. The molecule has 3 unspecified atom stereocenters. The number of esters is 1. The van der Waals surface area contributed by atoms with Gasteiger partial charge in [0.15, 0.2) is 9.84 Å². The van der Waals surface area contributed by atoms with Gasteiger partial charge in [-0.25, -0.2) is 12.8 Å². The van der Waals surface area contributed by atoms with Crippen LogP contribution in [0.25, 0.3) is 0 Å². The lowest BCUT2D eigenvalue weighted by Gasteiger charge is -2.33. The summed E-state index contributed by atoms with van der Waals surface area (Å²) in [7, 11) is -2.28. The average Bonchev–Trinajstić information content (AvgIpc) is 2.42. The van der Waals surface area contributed by atoms with Crippen LogP contribution < -0.4 is 5.32 Å². The molecule has 0 spiro atoms. The molecule has 8 heteroatoms. The highest BCUT2D eigenvalue weighted by molar-refractivity contribution is 7.92. The SMILES string of the molecule is COC(=O)C1CS(=O)(=O)C(C)C(c2ccc(F)cn2)N1. The first kappa shape index (κ1) is 14.9. The molecule has 1 saturated heterocycles. The van der Waals surface area contributed by atoms with Crippen molar-refractivity contribution >= 4 is 15.8 Å². The van der Waals surface area contributed by atoms with E-state index in [2.05, 4.69) is 15.0 Å². The summed E-state index contributed by atoms with van der Waals surface area (Å²) in [5.41, 5.74) is 0.371. The molecular weight excluding hydrogens is 287 g/mol. The zero-order chi connectivity index (χ0) is 14.9. The van der Waals surface area contributed by atoms with Gasteiger partial charge in [-0.05, 0) is 19.1 Å². The van der Waals surface area contributed by atoms with Crippen molar-refractivity contribution in [2.45, 2.75) is 24.3 Å². The van der Waals surface area contributed by atoms with Crippen molar-refractivity contribution in [3.63, 3.8) is 0 Å². The van der Waals surface area contributed by atoms with E-state index in [1.54, 1.807) is 0 Å². The zero-order valence-electron chi connectivity index (χ0n) is 11.0. The van der Waals surface area contributed by atoms with Crippen LogP contribution >= 0.6 is 0 Å². The van der Waals surface area contributed by atoms with E-state index in [-0.39, 0.29) is 5.75 Å². The second-order valence-electron chi connectivity index (χ2n) is 4.66. The number of carbonyl (C=O) groups excluding carboxylic acids is 1. The van der Waals surface area contributed by atoms with Gasteiger partial charge >= 0.3 is 5.97 Å². The van der Waals surface area contributed by atoms with Crippen LogP contribution in [0, 0.1) is 5.82 Å². The number of nitrogens with zero attached hydrogens (tertiary/aromatic N) is 1. The number of methoxy groups -OCH3 is 1. The number of hydrogen-bond acceptors (Lipinski definition) is 6. The highest BCUT2D eigenvalue weighted by atomic mass is 32.2. The first-order valence-corrected chi connectivity index (χ1v) is 7.73. The van der Waals surface area contributed by atoms with E-state index in [1.165, 1.54) is 26.2 Å². The molecule has 1 aliphatic heterocycles. The van der Waals surface area contributed by atoms with Gasteiger partial charge in [0.2, 0.25) is 0 Å². The number of rotatable bonds is 2. The van der Waals surface area contributed by atoms with Crippen molar-refractivity contribution < 1.29 is 22.3 Å². The summed E-state index contributed by atoms with van der Waals surface area (Å²) < 4.78 is 41.7. The molecule has 2 rings (SSSR count). The maximum absolute atomic E-state index is 12.9. The summed E-state index contributed by atoms with van der Waals surface area (Å²) in [5, 5.41) is 2.14. The van der Waals surface area contributed by atoms with Crippen LogP contribution in [0.2, 0.25) is 0 Å². The van der Waals surface area contributed by atoms with E-state index < -0.39 is 39.0 Å². The predicted octanol–water partition coefficient (Wildman–Crippen LogP) is 0.210. The van der Waals surface area contributed by atoms with Crippen LogP contribution in [0.3, 0.4) is 0 Å². The number of carbonyl (C=O) groups is 1. The number of nitrogens with one attached hydrogen (secondary N) is 1. The van der Waals surface area contributed by atoms with Crippen LogP contribution in [0.4, 0.5) is 4.39 Å². The van der Waals surface area contributed by atoms with Gasteiger partial charge in [0, 0.05) is 0 Å². The van der Waals surface area contributed by atoms with Crippen molar-refractivity contribution in [2.75, 3.05) is 12.9 Å². The number of aromatic nitrogens is 1. The molecule has 3 atom stereocenters. The van der Waals surface area contributed by atoms with Gasteiger partial charge in [-0.15, -0.1) is 0 Å². The number of halogens is 1. The lowest BCUT2D eigenvalue weighted by molar-refractivity contribution is -0.142. The molecule has 20 heavy (non-hydrogen) atoms. The highest BCUT2D eigenvalue weighted by Gasteiger charge is 2.42. The van der Waals surface area contributed by atoms with Gasteiger partial charge in [0.05, 0.1) is 36.0 Å². The molecule has 110 valence electrons. The third-order valence-corrected chi connectivity index (χ3v) is 5.57. The normalized spacial score (nSPS) is 28.9. The molecule has 0 radical (unpaired) electrons. The van der Waals surface area contributed by atoms with E-state index in [1.807, 2.05) is 0 Å². The Morgan fingerprint density at radius 3 is 2.75 bits per heavy atom. The van der Waals surface area contributed by atoms with Gasteiger partial charge in [-0.2, -0.15) is 0 Å². The number of pyridine rings is 1. The second-order valence-corrected chi connectivity index (χ2v) is 7.06. The Morgan fingerprint density at radius 1 is 1.50 bits per heavy atom. The Bertz CT molecular complexity index is 602. The fourth-order valence-corrected chi connectivity index (χ4v) is 3.80. The maximum Gasteiger partial charge on any atom is 0.323 e. The number of sulfone groups is 1. The van der Waals surface area contributed by atoms with Gasteiger partial charge in [-0.1, -0.05) is 0 Å². The Morgan fingerprint density at radius 2 is 2.20 bits per heavy atom. The highest BCUT2D eigenvalue weighted by Crippen LogP contribution is 2.27. The minimum atomic E-state index is -3.47. The summed E-state index contributed by atoms with van der Waals surface area (Å²) in [6.45, 7) is 1.53. The molecule has 0 bridgehead atoms. The molecule has 0 saturated carbocycles. The monoisotopic (exact) mass is 302 g/mol. The lowest BCUT2D eigenvalue weighted by Crippen LogP contribution is -2.55. The van der Waals surface area contributed by atoms with Gasteiger partial charge < -0.3 is 4.74 Å². The largest absolute Gasteiger partial charge is 0.468 e. The molecule has 1 aliphatic rings. The van der Waals surface area contributed by atoms with Crippen LogP contribution in [0.15, 0.2) is 18.3 Å². The minimum Gasteiger partial charge on any atom is -0.468 e. The molecule has 1 aromatic heterocycles. The fourth-order valence-electron chi connectivity index (χ4n) is 2.17. The Labute approximate surface area is 116 Å². The van der Waals surface area contributed by atoms with Crippen LogP contribution in [-0.2, 0) is 19.4 Å². The van der Waals surface area contributed by atoms with E-state index in [0.717, 1.165) is 6.20 Å². The molecule has 1 N–H and O–H groups in total. The summed E-state index contributed by atoms with van der Waals surface area (Å²) in [4.78, 5) is 15.4. The molecule has 0 aromatic carbocycles. The standard InChI is InChI=1S/C12H15FN2O4S/c1-7-11(9-4-3-8(13)5-14-9)15-10(12(16)19-2)6-20(7,17)18/h3-5,7,10-11,15H,6H2,1-2H3. The summed E-state index contributed by atoms with van der Waals surface area (Å²) in [6.07, 6.45) is 1.01. The van der Waals surface area contributed by atoms with Crippen molar-refractivity contribution in [2.24, 2.45) is 0 Å². The summed E-state index contributed by atoms with van der Waals surface area (Å²) >= 11 is 0. The van der Waals surface area contributed by atoms with Crippen LogP contribution in [0.5, 0.6) is 0 Å². The van der Waals surface area contributed by atoms with Crippen molar-refractivity contribution in [1.82, 2.24) is 10.3 Å². The first-order valence-electron chi connectivity index (χ1n) is 6.02. The van der Waals surface area contributed by atoms with Gasteiger partial charge in [-0.3, -0.25) is 15.1 Å². The Kier molecular flexibility index (Phi) is 4.05. The van der Waals surface area contributed by atoms with Crippen molar-refractivity contribution in [3.8, 4) is 0 Å². The van der Waals surface area contributed by atoms with Gasteiger partial charge in [0.1, 0.15) is 11.9 Å². The number of ether oxygens (including phenoxy) is 1. The number of hydrogen-bond donors (Lipinski definition) is 1. The fraction of sp³-hybridized carbons (Fsp3) is 0.500. The molecular formula is C12H15FN2O4S. The van der Waals surface area contributed by atoms with Crippen LogP contribution in [-0.4, -0.2) is 43.5 Å². The second kappa shape index (κ2) is 5.45. The summed E-state index contributed by atoms with van der Waals surface area (Å²) in [5.74, 6) is -1.48. The molecule has 1 fully saturated rings. The molecule has 2 heterocycles. The third kappa shape index (κ3) is 2.80. The third-order valence-electron chi connectivity index (χ3n) is 3.37. The van der Waals surface area contributed by atoms with Crippen molar-refractivity contribution in [1.29, 1.82) is 0 Å². The maximum atomic E-state index is 12.9. The molecule has 0 aliphatic carbocycles. The molecule has 1 aromatic rings. The van der Waals surface area contributed by atoms with E-state index in [0.29, 0.717) is 5.69 Å². The lowest BCUT2D eigenvalue weighted by atomic mass is 10.1. The Hall–Kier alpha value is -1.54. The Balaban J connectivity index is 2.35. The average molecular weight is 302 g/mol. The van der Waals surface area contributed by atoms with Crippen molar-refractivity contribution in [3.05, 3.63) is 29.8 Å². The van der Waals surface area contributed by atoms with Crippen LogP contribution in [0.1, 0.15) is 18.7 Å². The zero-order valence-corrected chi connectivity index (χ0v) is 11.9. The van der Waals surface area contributed by atoms with E-state index in [4.69, 9.17) is 0 Å². The smallest absolute Gasteiger partial charge is 0.323 e. The predicted molar refractivity (Wildman–Crippen MR) is 69.1 cm³/mol. The quantitative estimate of drug-likeness (QED) is 0.786. The van der Waals surface area contributed by atoms with Gasteiger partial charge in [0.25, 0.3) is 0 Å².